The van der Waals surface area contributed by atoms with Crippen molar-refractivity contribution in [2.24, 2.45) is 5.41 Å². The van der Waals surface area contributed by atoms with Gasteiger partial charge in [0, 0.05) is 12.6 Å². The summed E-state index contributed by atoms with van der Waals surface area (Å²) in [4.78, 5) is 54.4. The summed E-state index contributed by atoms with van der Waals surface area (Å²) < 4.78 is 87.1. The second-order valence-electron chi connectivity index (χ2n) is 11.2. The molecule has 1 aromatic rings. The van der Waals surface area contributed by atoms with Crippen molar-refractivity contribution in [1.82, 2.24) is 9.80 Å². The summed E-state index contributed by atoms with van der Waals surface area (Å²) in [6, 6.07) is -0.820. The molecule has 3 heterocycles. The van der Waals surface area contributed by atoms with Crippen LogP contribution in [0.5, 0.6) is 0 Å². The third-order valence-electron chi connectivity index (χ3n) is 8.67. The molecule has 2 bridgehead atoms. The molecule has 41 heavy (non-hydrogen) atoms. The topological polar surface area (TPSA) is 84.0 Å². The largest absolute Gasteiger partial charge is 0.465 e. The first-order valence-electron chi connectivity index (χ1n) is 13.4. The van der Waals surface area contributed by atoms with Gasteiger partial charge in [0.2, 0.25) is 17.5 Å². The van der Waals surface area contributed by atoms with Gasteiger partial charge in [-0.2, -0.15) is 26.3 Å². The van der Waals surface area contributed by atoms with Crippen LogP contribution in [0.1, 0.15) is 74.1 Å². The number of hydrogen-bond donors (Lipinski definition) is 0. The third-order valence-corrected chi connectivity index (χ3v) is 8.67. The average molecular weight is 587 g/mol. The van der Waals surface area contributed by atoms with Gasteiger partial charge in [-0.3, -0.25) is 24.1 Å². The number of fused-ring (bicyclic) bond motifs is 5. The predicted molar refractivity (Wildman–Crippen MR) is 131 cm³/mol. The van der Waals surface area contributed by atoms with Crippen molar-refractivity contribution in [3.8, 4) is 0 Å². The number of benzene rings is 1. The molecular formula is C28H28F6N2O5. The lowest BCUT2D eigenvalue weighted by Gasteiger charge is -2.51. The van der Waals surface area contributed by atoms with Gasteiger partial charge in [-0.15, -0.1) is 0 Å². The Morgan fingerprint density at radius 3 is 2.24 bits per heavy atom. The molecule has 1 aliphatic carbocycles. The van der Waals surface area contributed by atoms with Crippen molar-refractivity contribution in [3.63, 3.8) is 0 Å². The molecule has 3 aliphatic heterocycles. The standard InChI is InChI=1S/C28H28F6N2O5/c1-15(37)41-14-26(7-2-3-8-26)24(39)23(38)13-35-20-5-4-6-21(35)25(40)36-12-18-16(10-22(20)36)9-17(27(29,30)31)11-19(18)28(32,33)34/h9-11,20-21H,2-8,12-14H2,1H3. The number of ketones is 2. The van der Waals surface area contributed by atoms with Crippen LogP contribution in [0.15, 0.2) is 17.8 Å². The minimum Gasteiger partial charge on any atom is -0.465 e. The van der Waals surface area contributed by atoms with Crippen molar-refractivity contribution < 1.29 is 50.3 Å². The number of ether oxygens (including phenoxy) is 1. The highest BCUT2D eigenvalue weighted by molar-refractivity contribution is 6.40. The van der Waals surface area contributed by atoms with E-state index in [9.17, 15) is 45.5 Å². The van der Waals surface area contributed by atoms with E-state index in [-0.39, 0.29) is 23.9 Å². The summed E-state index contributed by atoms with van der Waals surface area (Å²) in [6.45, 7) is -0.00750. The molecule has 2 atom stereocenters. The first-order chi connectivity index (χ1) is 19.1. The number of carbonyl (C=O) groups excluding carboxylic acids is 4. The number of amides is 1. The van der Waals surface area contributed by atoms with E-state index in [0.717, 1.165) is 0 Å². The zero-order chi connectivity index (χ0) is 29.9. The summed E-state index contributed by atoms with van der Waals surface area (Å²) >= 11 is 0. The Kier molecular flexibility index (Phi) is 7.32. The van der Waals surface area contributed by atoms with Gasteiger partial charge in [-0.1, -0.05) is 12.8 Å². The fourth-order valence-corrected chi connectivity index (χ4v) is 6.68. The molecule has 2 unspecified atom stereocenters. The lowest BCUT2D eigenvalue weighted by molar-refractivity contribution is -0.155. The van der Waals surface area contributed by atoms with Gasteiger partial charge in [0.15, 0.2) is 0 Å². The minimum absolute atomic E-state index is 0.0676. The van der Waals surface area contributed by atoms with E-state index >= 15 is 0 Å². The Morgan fingerprint density at radius 2 is 1.63 bits per heavy atom. The molecule has 0 N–H and O–H groups in total. The Bertz CT molecular complexity index is 1330. The monoisotopic (exact) mass is 586 g/mol. The van der Waals surface area contributed by atoms with Crippen molar-refractivity contribution in [3.05, 3.63) is 40.1 Å². The summed E-state index contributed by atoms with van der Waals surface area (Å²) in [6.07, 6.45) is -5.58. The minimum atomic E-state index is -5.08. The van der Waals surface area contributed by atoms with Gasteiger partial charge in [-0.25, -0.2) is 0 Å². The van der Waals surface area contributed by atoms with Crippen LogP contribution in [0.2, 0.25) is 0 Å². The summed E-state index contributed by atoms with van der Waals surface area (Å²) in [5, 5.41) is 0. The molecule has 3 fully saturated rings. The maximum Gasteiger partial charge on any atom is 0.416 e. The SMILES string of the molecule is CC(=O)OCC1(C(=O)C(=O)CN2C3CCCC2C2=Cc4cc(C(F)(F)F)cc(C(F)(F)F)c4CN2C3=O)CCCC1. The number of nitrogens with zero attached hydrogens (tertiary/aromatic N) is 2. The highest BCUT2D eigenvalue weighted by Gasteiger charge is 2.51. The third kappa shape index (κ3) is 5.28. The van der Waals surface area contributed by atoms with Crippen molar-refractivity contribution in [1.29, 1.82) is 0 Å². The molecule has 0 spiro atoms. The number of rotatable bonds is 6. The Morgan fingerprint density at radius 1 is 0.976 bits per heavy atom. The Balaban J connectivity index is 1.49. The van der Waals surface area contributed by atoms with E-state index in [4.69, 9.17) is 4.74 Å². The van der Waals surface area contributed by atoms with Crippen LogP contribution < -0.4 is 0 Å². The predicted octanol–water partition coefficient (Wildman–Crippen LogP) is 4.91. The van der Waals surface area contributed by atoms with Crippen molar-refractivity contribution in [2.45, 2.75) is 82.9 Å². The van der Waals surface area contributed by atoms with Gasteiger partial charge in [0.25, 0.3) is 0 Å². The smallest absolute Gasteiger partial charge is 0.416 e. The molecule has 1 amide bonds. The van der Waals surface area contributed by atoms with E-state index in [2.05, 4.69) is 0 Å². The number of halogens is 6. The molecule has 7 nitrogen and oxygen atoms in total. The Labute approximate surface area is 231 Å². The van der Waals surface area contributed by atoms with Gasteiger partial charge >= 0.3 is 18.3 Å². The molecule has 1 aromatic carbocycles. The van der Waals surface area contributed by atoms with Crippen LogP contribution in [-0.2, 0) is 42.8 Å². The van der Waals surface area contributed by atoms with Crippen LogP contribution in [0.25, 0.3) is 6.08 Å². The summed E-state index contributed by atoms with van der Waals surface area (Å²) in [7, 11) is 0. The zero-order valence-electron chi connectivity index (χ0n) is 22.2. The molecule has 4 aliphatic rings. The van der Waals surface area contributed by atoms with Crippen molar-refractivity contribution >= 4 is 29.5 Å². The molecule has 5 rings (SSSR count). The second-order valence-corrected chi connectivity index (χ2v) is 11.2. The molecule has 1 saturated carbocycles. The number of piperazine rings is 1. The van der Waals surface area contributed by atoms with E-state index < -0.39 is 83.1 Å². The van der Waals surface area contributed by atoms with E-state index in [1.807, 2.05) is 0 Å². The first-order valence-corrected chi connectivity index (χ1v) is 13.4. The lowest BCUT2D eigenvalue weighted by atomic mass is 9.79. The van der Waals surface area contributed by atoms with Gasteiger partial charge < -0.3 is 9.64 Å². The number of hydrogen-bond acceptors (Lipinski definition) is 6. The second kappa shape index (κ2) is 10.2. The highest BCUT2D eigenvalue weighted by Crippen LogP contribution is 2.46. The Hall–Kier alpha value is -3.22. The van der Waals surface area contributed by atoms with Gasteiger partial charge in [0.05, 0.1) is 41.7 Å². The molecule has 2 saturated heterocycles. The normalized spacial score (nSPS) is 23.9. The molecule has 0 radical (unpaired) electrons. The van der Waals surface area contributed by atoms with Crippen LogP contribution in [0, 0.1) is 5.41 Å². The van der Waals surface area contributed by atoms with Crippen LogP contribution in [0.4, 0.5) is 26.3 Å². The quantitative estimate of drug-likeness (QED) is 0.268. The van der Waals surface area contributed by atoms with Gasteiger partial charge in [0.1, 0.15) is 6.61 Å². The molecule has 13 heteroatoms. The van der Waals surface area contributed by atoms with Crippen molar-refractivity contribution in [2.75, 3.05) is 13.2 Å². The maximum absolute atomic E-state index is 13.8. The fraction of sp³-hybridized carbons (Fsp3) is 0.571. The van der Waals surface area contributed by atoms with E-state index in [0.29, 0.717) is 51.0 Å². The number of esters is 1. The number of Topliss-reactive ketones (excluding diaryl/α,β-unsaturated/α-hetero) is 2. The average Bonchev–Trinajstić information content (AvgIpc) is 3.38. The van der Waals surface area contributed by atoms with E-state index in [1.165, 1.54) is 17.9 Å². The summed E-state index contributed by atoms with van der Waals surface area (Å²) in [5.74, 6) is -2.62. The molecule has 222 valence electrons. The zero-order valence-corrected chi connectivity index (χ0v) is 22.2. The first kappa shape index (κ1) is 29.3. The highest BCUT2D eigenvalue weighted by atomic mass is 19.4. The van der Waals surface area contributed by atoms with Crippen LogP contribution >= 0.6 is 0 Å². The van der Waals surface area contributed by atoms with Crippen LogP contribution in [-0.4, -0.2) is 58.5 Å². The number of alkyl halides is 6. The molecule has 0 aromatic heterocycles. The lowest BCUT2D eigenvalue weighted by Crippen LogP contribution is -2.64. The summed E-state index contributed by atoms with van der Waals surface area (Å²) in [5.41, 5.74) is -4.55. The number of piperidine rings is 1. The van der Waals surface area contributed by atoms with Gasteiger partial charge in [-0.05, 0) is 61.4 Å². The van der Waals surface area contributed by atoms with E-state index in [1.54, 1.807) is 4.90 Å². The number of carbonyl (C=O) groups is 4. The molecular weight excluding hydrogens is 558 g/mol. The maximum atomic E-state index is 13.8. The van der Waals surface area contributed by atoms with Crippen LogP contribution in [0.3, 0.4) is 0 Å². The fourth-order valence-electron chi connectivity index (χ4n) is 6.68.